The van der Waals surface area contributed by atoms with Crippen molar-refractivity contribution in [3.63, 3.8) is 0 Å². The lowest BCUT2D eigenvalue weighted by Gasteiger charge is -2.08. The van der Waals surface area contributed by atoms with E-state index in [0.717, 1.165) is 12.8 Å². The highest BCUT2D eigenvalue weighted by Crippen LogP contribution is 2.27. The molecule has 0 aliphatic rings. The van der Waals surface area contributed by atoms with Crippen LogP contribution in [0.5, 0.6) is 5.75 Å². The Kier molecular flexibility index (Phi) is 6.62. The molecule has 19 heavy (non-hydrogen) atoms. The van der Waals surface area contributed by atoms with Crippen LogP contribution in [0.2, 0.25) is 5.02 Å². The number of hydrogen-bond donors (Lipinski definition) is 1. The van der Waals surface area contributed by atoms with E-state index in [4.69, 9.17) is 21.5 Å². The van der Waals surface area contributed by atoms with Crippen molar-refractivity contribution in [1.82, 2.24) is 0 Å². The molecule has 0 saturated carbocycles. The lowest BCUT2D eigenvalue weighted by atomic mass is 10.2. The number of nitrogens with two attached hydrogens (primary N) is 1. The smallest absolute Gasteiger partial charge is 0.238 e. The Labute approximate surface area is 120 Å². The van der Waals surface area contributed by atoms with Gasteiger partial charge < -0.3 is 4.74 Å². The second-order valence-electron chi connectivity index (χ2n) is 4.40. The van der Waals surface area contributed by atoms with Gasteiger partial charge in [-0.1, -0.05) is 44.2 Å². The maximum absolute atomic E-state index is 11.1. The molecule has 0 heterocycles. The van der Waals surface area contributed by atoms with Gasteiger partial charge in [-0.15, -0.1) is 0 Å². The van der Waals surface area contributed by atoms with Crippen LogP contribution in [0.4, 0.5) is 0 Å². The molecular weight excluding hydrogens is 286 g/mol. The fraction of sp³-hybridized carbons (Fsp3) is 0.538. The second kappa shape index (κ2) is 7.72. The summed E-state index contributed by atoms with van der Waals surface area (Å²) in [7, 11) is -3.72. The summed E-state index contributed by atoms with van der Waals surface area (Å²) in [5.41, 5.74) is 0. The van der Waals surface area contributed by atoms with E-state index in [-0.39, 0.29) is 9.92 Å². The van der Waals surface area contributed by atoms with Crippen LogP contribution >= 0.6 is 11.6 Å². The van der Waals surface area contributed by atoms with Gasteiger partial charge in [-0.25, -0.2) is 13.6 Å². The third-order valence-electron chi connectivity index (χ3n) is 2.74. The molecule has 4 nitrogen and oxygen atoms in total. The van der Waals surface area contributed by atoms with Crippen molar-refractivity contribution in [2.45, 2.75) is 43.9 Å². The molecule has 0 bridgehead atoms. The molecule has 108 valence electrons. The van der Waals surface area contributed by atoms with E-state index in [9.17, 15) is 8.42 Å². The third kappa shape index (κ3) is 5.80. The molecule has 0 atom stereocenters. The Morgan fingerprint density at radius 2 is 1.89 bits per heavy atom. The molecule has 1 rings (SSSR count). The van der Waals surface area contributed by atoms with Crippen LogP contribution in [-0.2, 0) is 10.0 Å². The van der Waals surface area contributed by atoms with Crippen molar-refractivity contribution < 1.29 is 13.2 Å². The van der Waals surface area contributed by atoms with E-state index in [1.54, 1.807) is 0 Å². The van der Waals surface area contributed by atoms with E-state index in [1.165, 1.54) is 37.5 Å². The fourth-order valence-electron chi connectivity index (χ4n) is 1.66. The highest BCUT2D eigenvalue weighted by atomic mass is 35.5. The fourth-order valence-corrected chi connectivity index (χ4v) is 2.50. The van der Waals surface area contributed by atoms with Crippen LogP contribution in [0.1, 0.15) is 39.0 Å². The average molecular weight is 306 g/mol. The molecule has 1 aromatic rings. The lowest BCUT2D eigenvalue weighted by Crippen LogP contribution is -2.12. The van der Waals surface area contributed by atoms with E-state index < -0.39 is 10.0 Å². The average Bonchev–Trinajstić information content (AvgIpc) is 2.34. The molecule has 0 radical (unpaired) electrons. The van der Waals surface area contributed by atoms with Crippen LogP contribution in [0.25, 0.3) is 0 Å². The van der Waals surface area contributed by atoms with Crippen LogP contribution in [0.3, 0.4) is 0 Å². The van der Waals surface area contributed by atoms with Crippen molar-refractivity contribution in [3.8, 4) is 5.75 Å². The maximum Gasteiger partial charge on any atom is 0.238 e. The number of benzene rings is 1. The topological polar surface area (TPSA) is 69.4 Å². The zero-order valence-electron chi connectivity index (χ0n) is 11.1. The van der Waals surface area contributed by atoms with E-state index in [0.29, 0.717) is 12.4 Å². The summed E-state index contributed by atoms with van der Waals surface area (Å²) < 4.78 is 27.8. The summed E-state index contributed by atoms with van der Waals surface area (Å²) in [5, 5.41) is 5.28. The van der Waals surface area contributed by atoms with Crippen molar-refractivity contribution >= 4 is 21.6 Å². The Balaban J connectivity index is 2.47. The Bertz CT molecular complexity index is 503. The zero-order valence-corrected chi connectivity index (χ0v) is 12.6. The van der Waals surface area contributed by atoms with E-state index >= 15 is 0 Å². The van der Waals surface area contributed by atoms with Crippen LogP contribution in [0, 0.1) is 0 Å². The lowest BCUT2D eigenvalue weighted by molar-refractivity contribution is 0.304. The minimum absolute atomic E-state index is 0.00667. The highest BCUT2D eigenvalue weighted by Gasteiger charge is 2.11. The van der Waals surface area contributed by atoms with Gasteiger partial charge in [-0.2, -0.15) is 0 Å². The molecule has 1 aromatic carbocycles. The first-order valence-corrected chi connectivity index (χ1v) is 8.32. The van der Waals surface area contributed by atoms with Gasteiger partial charge >= 0.3 is 0 Å². The summed E-state index contributed by atoms with van der Waals surface area (Å²) >= 11 is 5.95. The minimum atomic E-state index is -3.72. The van der Waals surface area contributed by atoms with E-state index in [2.05, 4.69) is 6.92 Å². The second-order valence-corrected chi connectivity index (χ2v) is 6.37. The Morgan fingerprint density at radius 3 is 2.47 bits per heavy atom. The molecule has 2 N–H and O–H groups in total. The zero-order chi connectivity index (χ0) is 14.3. The number of unbranched alkanes of at least 4 members (excludes halogenated alkanes) is 4. The van der Waals surface area contributed by atoms with Gasteiger partial charge in [0.1, 0.15) is 5.75 Å². The van der Waals surface area contributed by atoms with Crippen molar-refractivity contribution in [2.24, 2.45) is 5.14 Å². The largest absolute Gasteiger partial charge is 0.492 e. The first-order chi connectivity index (χ1) is 8.95. The molecule has 0 spiro atoms. The summed E-state index contributed by atoms with van der Waals surface area (Å²) in [5.74, 6) is 0.490. The minimum Gasteiger partial charge on any atom is -0.492 e. The summed E-state index contributed by atoms with van der Waals surface area (Å²) in [6.07, 6.45) is 5.75. The van der Waals surface area contributed by atoms with Crippen LogP contribution in [-0.4, -0.2) is 15.0 Å². The molecular formula is C13H20ClNO3S. The normalized spacial score (nSPS) is 11.5. The molecule has 0 fully saturated rings. The van der Waals surface area contributed by atoms with Crippen LogP contribution in [0.15, 0.2) is 23.1 Å². The predicted octanol–water partition coefficient (Wildman–Crippen LogP) is 3.34. The standard InChI is InChI=1S/C13H20ClNO3S/c1-2-3-4-5-6-9-18-13-8-7-11(10-12(13)14)19(15,16)17/h7-8,10H,2-6,9H2,1H3,(H2,15,16,17). The van der Waals surface area contributed by atoms with Crippen LogP contribution < -0.4 is 9.88 Å². The van der Waals surface area contributed by atoms with Gasteiger partial charge in [-0.05, 0) is 24.6 Å². The molecule has 0 aliphatic carbocycles. The third-order valence-corrected chi connectivity index (χ3v) is 3.94. The van der Waals surface area contributed by atoms with Gasteiger partial charge in [0.15, 0.2) is 0 Å². The SMILES string of the molecule is CCCCCCCOc1ccc(S(N)(=O)=O)cc1Cl. The predicted molar refractivity (Wildman–Crippen MR) is 77.1 cm³/mol. The number of halogens is 1. The molecule has 0 aliphatic heterocycles. The van der Waals surface area contributed by atoms with Gasteiger partial charge in [0, 0.05) is 0 Å². The summed E-state index contributed by atoms with van der Waals surface area (Å²) in [6.45, 7) is 2.75. The molecule has 6 heteroatoms. The first-order valence-electron chi connectivity index (χ1n) is 6.40. The number of hydrogen-bond acceptors (Lipinski definition) is 3. The van der Waals surface area contributed by atoms with Gasteiger partial charge in [0.2, 0.25) is 10.0 Å². The van der Waals surface area contributed by atoms with Crippen molar-refractivity contribution in [2.75, 3.05) is 6.61 Å². The van der Waals surface area contributed by atoms with Crippen molar-refractivity contribution in [3.05, 3.63) is 23.2 Å². The summed E-state index contributed by atoms with van der Waals surface area (Å²) in [4.78, 5) is -0.00667. The molecule has 0 saturated heterocycles. The molecule has 0 unspecified atom stereocenters. The van der Waals surface area contributed by atoms with Gasteiger partial charge in [-0.3, -0.25) is 0 Å². The quantitative estimate of drug-likeness (QED) is 0.749. The van der Waals surface area contributed by atoms with Crippen molar-refractivity contribution in [1.29, 1.82) is 0 Å². The van der Waals surface area contributed by atoms with Gasteiger partial charge in [0.25, 0.3) is 0 Å². The number of primary sulfonamides is 1. The summed E-state index contributed by atoms with van der Waals surface area (Å²) in [6, 6.07) is 4.24. The Hall–Kier alpha value is -0.780. The van der Waals surface area contributed by atoms with E-state index in [1.807, 2.05) is 0 Å². The molecule has 0 amide bonds. The monoisotopic (exact) mass is 305 g/mol. The first kappa shape index (κ1) is 16.3. The number of ether oxygens (including phenoxy) is 1. The number of rotatable bonds is 8. The highest BCUT2D eigenvalue weighted by molar-refractivity contribution is 7.89. The maximum atomic E-state index is 11.1. The number of sulfonamides is 1. The van der Waals surface area contributed by atoms with Gasteiger partial charge in [0.05, 0.1) is 16.5 Å². The Morgan fingerprint density at radius 1 is 1.21 bits per heavy atom. The molecule has 0 aromatic heterocycles.